The lowest BCUT2D eigenvalue weighted by molar-refractivity contribution is 0.916. The highest BCUT2D eigenvalue weighted by Crippen LogP contribution is 2.17. The van der Waals surface area contributed by atoms with Crippen molar-refractivity contribution in [1.29, 1.82) is 0 Å². The first-order chi connectivity index (χ1) is 9.04. The summed E-state index contributed by atoms with van der Waals surface area (Å²) in [7, 11) is 5.66. The predicted octanol–water partition coefficient (Wildman–Crippen LogP) is 5.04. The summed E-state index contributed by atoms with van der Waals surface area (Å²) in [5.41, 5.74) is 4.40. The van der Waals surface area contributed by atoms with Crippen molar-refractivity contribution in [3.8, 4) is 0 Å². The molecule has 0 N–H and O–H groups in total. The first-order valence-electron chi connectivity index (χ1n) is 6.83. The lowest BCUT2D eigenvalue weighted by Crippen LogP contribution is -2.03. The van der Waals surface area contributed by atoms with E-state index >= 15 is 0 Å². The summed E-state index contributed by atoms with van der Waals surface area (Å²) in [5, 5.41) is 2.74. The Bertz CT molecular complexity index is 415. The maximum atomic E-state index is 3.00. The molecule has 0 radical (unpaired) electrons. The number of hydrogen-bond acceptors (Lipinski definition) is 0. The average molecular weight is 294 g/mol. The molecule has 0 aliphatic heterocycles. The van der Waals surface area contributed by atoms with Crippen LogP contribution < -0.4 is 5.30 Å². The monoisotopic (exact) mass is 294 g/mol. The molecule has 0 saturated carbocycles. The second-order valence-electron chi connectivity index (χ2n) is 4.75. The smallest absolute Gasteiger partial charge is 0.0241 e. The third-order valence-electron chi connectivity index (χ3n) is 3.19. The topological polar surface area (TPSA) is 0 Å². The Kier molecular flexibility index (Phi) is 10.1. The molecule has 0 bridgehead atoms. The molecule has 2 unspecified atom stereocenters. The zero-order valence-electron chi connectivity index (χ0n) is 12.6. The fraction of sp³-hybridized carbons (Fsp3) is 0.412. The van der Waals surface area contributed by atoms with E-state index in [1.807, 2.05) is 0 Å². The molecule has 0 nitrogen and oxygen atoms in total. The molecule has 0 aromatic heterocycles. The van der Waals surface area contributed by atoms with Gasteiger partial charge >= 0.3 is 0 Å². The van der Waals surface area contributed by atoms with Gasteiger partial charge in [0.25, 0.3) is 0 Å². The molecular formula is C17H28P2. The van der Waals surface area contributed by atoms with Gasteiger partial charge in [0, 0.05) is 0 Å². The van der Waals surface area contributed by atoms with Crippen molar-refractivity contribution in [1.82, 2.24) is 0 Å². The van der Waals surface area contributed by atoms with Gasteiger partial charge < -0.3 is 0 Å². The Labute approximate surface area is 124 Å². The minimum Gasteiger partial charge on any atom is -0.110 e. The van der Waals surface area contributed by atoms with Crippen LogP contribution >= 0.6 is 18.5 Å². The van der Waals surface area contributed by atoms with Gasteiger partial charge in [-0.2, -0.15) is 0 Å². The molecule has 0 amide bonds. The molecule has 0 heterocycles. The second-order valence-corrected chi connectivity index (χ2v) is 6.23. The summed E-state index contributed by atoms with van der Waals surface area (Å²) in [6, 6.07) is 6.89. The van der Waals surface area contributed by atoms with Crippen molar-refractivity contribution >= 4 is 23.8 Å². The van der Waals surface area contributed by atoms with Crippen molar-refractivity contribution < 1.29 is 0 Å². The van der Waals surface area contributed by atoms with E-state index in [1.165, 1.54) is 40.2 Å². The lowest BCUT2D eigenvalue weighted by Gasteiger charge is -2.08. The number of benzene rings is 1. The normalized spacial score (nSPS) is 11.4. The minimum atomic E-state index is 1.14. The van der Waals surface area contributed by atoms with Crippen LogP contribution in [-0.2, 0) is 12.8 Å². The highest BCUT2D eigenvalue weighted by molar-refractivity contribution is 7.27. The van der Waals surface area contributed by atoms with Crippen molar-refractivity contribution in [3.63, 3.8) is 0 Å². The van der Waals surface area contributed by atoms with Crippen LogP contribution in [0.5, 0.6) is 0 Å². The largest absolute Gasteiger partial charge is 0.110 e. The van der Waals surface area contributed by atoms with Gasteiger partial charge in [0.15, 0.2) is 0 Å². The van der Waals surface area contributed by atoms with E-state index in [9.17, 15) is 0 Å². The average Bonchev–Trinajstić information content (AvgIpc) is 2.41. The third kappa shape index (κ3) is 7.05. The molecule has 1 aromatic carbocycles. The van der Waals surface area contributed by atoms with Crippen LogP contribution in [0.3, 0.4) is 0 Å². The molecule has 2 heteroatoms. The molecule has 0 aliphatic rings. The quantitative estimate of drug-likeness (QED) is 0.527. The van der Waals surface area contributed by atoms with Crippen LogP contribution in [0.15, 0.2) is 42.2 Å². The molecule has 106 valence electrons. The van der Waals surface area contributed by atoms with Crippen molar-refractivity contribution in [2.45, 2.75) is 46.5 Å². The Morgan fingerprint density at radius 2 is 1.79 bits per heavy atom. The van der Waals surface area contributed by atoms with Crippen LogP contribution in [0.2, 0.25) is 0 Å². The highest BCUT2D eigenvalue weighted by atomic mass is 31.0. The van der Waals surface area contributed by atoms with E-state index in [2.05, 4.69) is 70.6 Å². The summed E-state index contributed by atoms with van der Waals surface area (Å²) in [6.45, 7) is 12.6. The summed E-state index contributed by atoms with van der Waals surface area (Å²) >= 11 is 0. The van der Waals surface area contributed by atoms with Gasteiger partial charge in [0.1, 0.15) is 0 Å². The van der Waals surface area contributed by atoms with Crippen LogP contribution in [0.4, 0.5) is 0 Å². The summed E-state index contributed by atoms with van der Waals surface area (Å²) in [6.07, 6.45) is 4.70. The van der Waals surface area contributed by atoms with Crippen LogP contribution in [-0.4, -0.2) is 0 Å². The molecule has 0 saturated heterocycles. The highest BCUT2D eigenvalue weighted by Gasteiger charge is 2.01. The molecule has 0 fully saturated rings. The van der Waals surface area contributed by atoms with Gasteiger partial charge in [-0.1, -0.05) is 42.4 Å². The van der Waals surface area contributed by atoms with Crippen LogP contribution in [0.1, 0.15) is 44.7 Å². The van der Waals surface area contributed by atoms with Gasteiger partial charge in [-0.3, -0.25) is 0 Å². The van der Waals surface area contributed by atoms with Gasteiger partial charge in [-0.25, -0.2) is 0 Å². The molecule has 1 rings (SSSR count). The second kappa shape index (κ2) is 10.4. The maximum Gasteiger partial charge on any atom is -0.0241 e. The summed E-state index contributed by atoms with van der Waals surface area (Å²) < 4.78 is 0. The molecule has 2 atom stereocenters. The number of allylic oxidation sites excluding steroid dienone is 2. The number of aryl methyl sites for hydroxylation is 2. The van der Waals surface area contributed by atoms with Crippen molar-refractivity contribution in [3.05, 3.63) is 53.4 Å². The van der Waals surface area contributed by atoms with Gasteiger partial charge in [-0.05, 0) is 49.5 Å². The fourth-order valence-electron chi connectivity index (χ4n) is 1.83. The molecule has 19 heavy (non-hydrogen) atoms. The van der Waals surface area contributed by atoms with Crippen LogP contribution in [0.25, 0.3) is 0 Å². The minimum absolute atomic E-state index is 1.14. The zero-order chi connectivity index (χ0) is 14.8. The van der Waals surface area contributed by atoms with E-state index in [4.69, 9.17) is 0 Å². The van der Waals surface area contributed by atoms with Crippen LogP contribution in [0, 0.1) is 0 Å². The Hall–Kier alpha value is -0.440. The van der Waals surface area contributed by atoms with E-state index < -0.39 is 0 Å². The Balaban J connectivity index is 0.00000154. The number of hydrogen-bond donors (Lipinski definition) is 0. The number of rotatable bonds is 5. The van der Waals surface area contributed by atoms with Gasteiger partial charge in [0.2, 0.25) is 0 Å². The predicted molar refractivity (Wildman–Crippen MR) is 97.4 cm³/mol. The lowest BCUT2D eigenvalue weighted by atomic mass is 10.0. The Morgan fingerprint density at radius 3 is 2.26 bits per heavy atom. The first kappa shape index (κ1) is 18.6. The van der Waals surface area contributed by atoms with E-state index in [1.54, 1.807) is 0 Å². The summed E-state index contributed by atoms with van der Waals surface area (Å²) in [5.74, 6) is 0. The van der Waals surface area contributed by atoms with Crippen molar-refractivity contribution in [2.24, 2.45) is 0 Å². The summed E-state index contributed by atoms with van der Waals surface area (Å²) in [4.78, 5) is 0. The standard InChI is InChI=1S/C15H24P2.C2H4/c1-4-5-14-9-8-13(10-15(14)17)7-6-11(2)12(3)16;1-2/h8-10H,4-7,16-17H2,1-3H3;1-2H2/b12-11-;. The fourth-order valence-corrected chi connectivity index (χ4v) is 2.42. The Morgan fingerprint density at radius 1 is 1.16 bits per heavy atom. The zero-order valence-corrected chi connectivity index (χ0v) is 14.9. The molecular weight excluding hydrogens is 266 g/mol. The molecule has 0 spiro atoms. The van der Waals surface area contributed by atoms with E-state index in [0.717, 1.165) is 12.8 Å². The first-order valence-corrected chi connectivity index (χ1v) is 7.99. The molecule has 0 aliphatic carbocycles. The SMILES string of the molecule is C=C.CCCc1ccc(CC/C(C)=C(/C)P)cc1P. The van der Waals surface area contributed by atoms with Gasteiger partial charge in [-0.15, -0.1) is 31.6 Å². The van der Waals surface area contributed by atoms with E-state index in [0.29, 0.717) is 0 Å². The van der Waals surface area contributed by atoms with E-state index in [-0.39, 0.29) is 0 Å². The maximum absolute atomic E-state index is 3.00. The van der Waals surface area contributed by atoms with Gasteiger partial charge in [0.05, 0.1) is 0 Å². The third-order valence-corrected chi connectivity index (χ3v) is 4.22. The van der Waals surface area contributed by atoms with Crippen molar-refractivity contribution in [2.75, 3.05) is 0 Å². The molecule has 1 aromatic rings.